The molecule has 2 heterocycles. The Morgan fingerprint density at radius 3 is 2.61 bits per heavy atom. The Balaban J connectivity index is 2.20. The number of fused-ring (bicyclic) bond motifs is 1. The van der Waals surface area contributed by atoms with Crippen molar-refractivity contribution in [2.24, 2.45) is 0 Å². The zero-order chi connectivity index (χ0) is 12.8. The van der Waals surface area contributed by atoms with Gasteiger partial charge < -0.3 is 0 Å². The second kappa shape index (κ2) is 3.68. The van der Waals surface area contributed by atoms with E-state index >= 15 is 0 Å². The summed E-state index contributed by atoms with van der Waals surface area (Å²) < 4.78 is 24.5. The highest BCUT2D eigenvalue weighted by molar-refractivity contribution is 7.90. The quantitative estimate of drug-likeness (QED) is 0.770. The molecule has 0 aliphatic carbocycles. The first-order valence-corrected chi connectivity index (χ1v) is 7.19. The molecule has 0 N–H and O–H groups in total. The van der Waals surface area contributed by atoms with Crippen LogP contribution in [0.4, 0.5) is 0 Å². The number of nitrogens with zero attached hydrogens (tertiary/aromatic N) is 3. The number of sulfone groups is 1. The van der Waals surface area contributed by atoms with Gasteiger partial charge >= 0.3 is 0 Å². The van der Waals surface area contributed by atoms with E-state index in [0.29, 0.717) is 17.0 Å². The Hall–Kier alpha value is -2.13. The van der Waals surface area contributed by atoms with Crippen molar-refractivity contribution in [3.63, 3.8) is 0 Å². The molecule has 0 radical (unpaired) electrons. The summed E-state index contributed by atoms with van der Waals surface area (Å²) in [6.07, 6.45) is 0. The molecule has 0 atom stereocenters. The maximum Gasteiger partial charge on any atom is 0.160 e. The summed E-state index contributed by atoms with van der Waals surface area (Å²) in [5, 5.41) is 13.4. The zero-order valence-electron chi connectivity index (χ0n) is 9.37. The first-order valence-electron chi connectivity index (χ1n) is 5.37. The Labute approximate surface area is 104 Å². The fraction of sp³-hybridized carbons (Fsp3) is 0.167. The van der Waals surface area contributed by atoms with Gasteiger partial charge in [-0.2, -0.15) is 10.4 Å². The normalized spacial score (nSPS) is 16.2. The Kier molecular flexibility index (Phi) is 2.25. The minimum absolute atomic E-state index is 0.0726. The van der Waals surface area contributed by atoms with Gasteiger partial charge in [-0.25, -0.2) is 13.1 Å². The highest BCUT2D eigenvalue weighted by atomic mass is 32.2. The molecule has 18 heavy (non-hydrogen) atoms. The van der Waals surface area contributed by atoms with Crippen molar-refractivity contribution >= 4 is 9.84 Å². The molecule has 1 aromatic heterocycles. The second-order valence-corrected chi connectivity index (χ2v) is 6.23. The Morgan fingerprint density at radius 2 is 1.94 bits per heavy atom. The van der Waals surface area contributed by atoms with Gasteiger partial charge in [0.25, 0.3) is 0 Å². The number of para-hydroxylation sites is 1. The molecule has 5 nitrogen and oxygen atoms in total. The van der Waals surface area contributed by atoms with Gasteiger partial charge in [0.1, 0.15) is 11.8 Å². The number of hydrogen-bond acceptors (Lipinski definition) is 4. The minimum atomic E-state index is -3.12. The third-order valence-electron chi connectivity index (χ3n) is 2.89. The SMILES string of the molecule is N#Cc1c2c(nn1-c1ccccc1)CS(=O)(=O)C2. The Morgan fingerprint density at radius 1 is 1.22 bits per heavy atom. The van der Waals surface area contributed by atoms with Crippen LogP contribution in [0.2, 0.25) is 0 Å². The van der Waals surface area contributed by atoms with Crippen molar-refractivity contribution in [1.29, 1.82) is 5.26 Å². The van der Waals surface area contributed by atoms with Crippen LogP contribution in [0, 0.1) is 11.3 Å². The molecular weight excluding hydrogens is 250 g/mol. The van der Waals surface area contributed by atoms with E-state index in [9.17, 15) is 13.7 Å². The van der Waals surface area contributed by atoms with Gasteiger partial charge in [-0.05, 0) is 12.1 Å². The van der Waals surface area contributed by atoms with E-state index in [0.717, 1.165) is 5.69 Å². The fourth-order valence-electron chi connectivity index (χ4n) is 2.11. The molecule has 0 saturated heterocycles. The standard InChI is InChI=1S/C12H9N3O2S/c13-6-12-10-7-18(16,17)8-11(10)14-15(12)9-4-2-1-3-5-9/h1-5H,7-8H2. The summed E-state index contributed by atoms with van der Waals surface area (Å²) in [4.78, 5) is 0. The topological polar surface area (TPSA) is 75.8 Å². The van der Waals surface area contributed by atoms with Crippen LogP contribution in [0.25, 0.3) is 5.69 Å². The molecule has 6 heteroatoms. The molecule has 90 valence electrons. The summed E-state index contributed by atoms with van der Waals surface area (Å²) in [5.74, 6) is -0.158. The van der Waals surface area contributed by atoms with Crippen molar-refractivity contribution in [3.05, 3.63) is 47.3 Å². The van der Waals surface area contributed by atoms with E-state index in [2.05, 4.69) is 5.10 Å². The summed E-state index contributed by atoms with van der Waals surface area (Å²) >= 11 is 0. The van der Waals surface area contributed by atoms with Crippen molar-refractivity contribution in [2.75, 3.05) is 0 Å². The van der Waals surface area contributed by atoms with Crippen LogP contribution in [-0.4, -0.2) is 18.2 Å². The molecule has 1 aliphatic rings. The number of benzene rings is 1. The molecule has 0 spiro atoms. The molecule has 1 aliphatic heterocycles. The molecule has 2 aromatic rings. The lowest BCUT2D eigenvalue weighted by atomic mass is 10.2. The van der Waals surface area contributed by atoms with Crippen LogP contribution < -0.4 is 0 Å². The Bertz CT molecular complexity index is 755. The summed E-state index contributed by atoms with van der Waals surface area (Å²) in [6, 6.07) is 11.3. The molecule has 0 bridgehead atoms. The third-order valence-corrected chi connectivity index (χ3v) is 4.34. The van der Waals surface area contributed by atoms with Crippen molar-refractivity contribution in [3.8, 4) is 11.8 Å². The highest BCUT2D eigenvalue weighted by Crippen LogP contribution is 2.28. The van der Waals surface area contributed by atoms with E-state index in [4.69, 9.17) is 0 Å². The lowest BCUT2D eigenvalue weighted by Gasteiger charge is -2.03. The van der Waals surface area contributed by atoms with Crippen molar-refractivity contribution in [2.45, 2.75) is 11.5 Å². The minimum Gasteiger partial charge on any atom is -0.228 e. The highest BCUT2D eigenvalue weighted by Gasteiger charge is 2.32. The van der Waals surface area contributed by atoms with E-state index < -0.39 is 9.84 Å². The van der Waals surface area contributed by atoms with Gasteiger partial charge in [0, 0.05) is 5.56 Å². The first-order chi connectivity index (χ1) is 8.61. The van der Waals surface area contributed by atoms with E-state index in [1.165, 1.54) is 4.68 Å². The molecular formula is C12H9N3O2S. The van der Waals surface area contributed by atoms with Crippen LogP contribution in [-0.2, 0) is 21.3 Å². The molecule has 1 aromatic carbocycles. The number of aromatic nitrogens is 2. The van der Waals surface area contributed by atoms with Gasteiger partial charge in [0.2, 0.25) is 0 Å². The summed E-state index contributed by atoms with van der Waals surface area (Å²) in [6.45, 7) is 0. The summed E-state index contributed by atoms with van der Waals surface area (Å²) in [7, 11) is -3.12. The van der Waals surface area contributed by atoms with Gasteiger partial charge in [-0.3, -0.25) is 0 Å². The van der Waals surface area contributed by atoms with Crippen LogP contribution in [0.1, 0.15) is 17.0 Å². The van der Waals surface area contributed by atoms with Gasteiger partial charge in [-0.15, -0.1) is 0 Å². The van der Waals surface area contributed by atoms with Crippen LogP contribution in [0.3, 0.4) is 0 Å². The van der Waals surface area contributed by atoms with Crippen molar-refractivity contribution < 1.29 is 8.42 Å². The van der Waals surface area contributed by atoms with Crippen molar-refractivity contribution in [1.82, 2.24) is 9.78 Å². The third kappa shape index (κ3) is 1.60. The predicted octanol–water partition coefficient (Wildman–Crippen LogP) is 1.17. The zero-order valence-corrected chi connectivity index (χ0v) is 10.2. The molecule has 0 amide bonds. The largest absolute Gasteiger partial charge is 0.228 e. The van der Waals surface area contributed by atoms with E-state index in [-0.39, 0.29) is 11.5 Å². The maximum atomic E-state index is 11.5. The summed E-state index contributed by atoms with van der Waals surface area (Å²) in [5.41, 5.74) is 2.12. The van der Waals surface area contributed by atoms with Crippen LogP contribution in [0.15, 0.2) is 30.3 Å². The van der Waals surface area contributed by atoms with E-state index in [1.807, 2.05) is 36.4 Å². The molecule has 0 fully saturated rings. The number of hydrogen-bond donors (Lipinski definition) is 0. The van der Waals surface area contributed by atoms with Gasteiger partial charge in [0.05, 0.1) is 22.9 Å². The molecule has 0 unspecified atom stereocenters. The van der Waals surface area contributed by atoms with Crippen LogP contribution >= 0.6 is 0 Å². The number of nitriles is 1. The lowest BCUT2D eigenvalue weighted by molar-refractivity contribution is 0.597. The van der Waals surface area contributed by atoms with E-state index in [1.54, 1.807) is 0 Å². The fourth-order valence-corrected chi connectivity index (χ4v) is 3.61. The predicted molar refractivity (Wildman–Crippen MR) is 64.6 cm³/mol. The maximum absolute atomic E-state index is 11.5. The monoisotopic (exact) mass is 259 g/mol. The molecule has 3 rings (SSSR count). The van der Waals surface area contributed by atoms with Crippen LogP contribution in [0.5, 0.6) is 0 Å². The first kappa shape index (κ1) is 11.0. The smallest absolute Gasteiger partial charge is 0.160 e. The van der Waals surface area contributed by atoms with Gasteiger partial charge in [0.15, 0.2) is 9.84 Å². The van der Waals surface area contributed by atoms with Gasteiger partial charge in [-0.1, -0.05) is 18.2 Å². The average Bonchev–Trinajstić information content (AvgIpc) is 2.81. The number of rotatable bonds is 1. The average molecular weight is 259 g/mol. The second-order valence-electron chi connectivity index (χ2n) is 4.17. The molecule has 0 saturated carbocycles. The lowest BCUT2D eigenvalue weighted by Crippen LogP contribution is -2.05.